The Bertz CT molecular complexity index is 648. The van der Waals surface area contributed by atoms with Crippen LogP contribution >= 0.6 is 24.0 Å². The maximum Gasteiger partial charge on any atom is 0.191 e. The van der Waals surface area contributed by atoms with E-state index in [0.29, 0.717) is 19.8 Å². The third-order valence-corrected chi connectivity index (χ3v) is 3.67. The zero-order valence-electron chi connectivity index (χ0n) is 16.1. The van der Waals surface area contributed by atoms with Crippen molar-refractivity contribution in [2.75, 3.05) is 33.4 Å². The number of hydrogen-bond acceptors (Lipinski definition) is 4. The highest BCUT2D eigenvalue weighted by molar-refractivity contribution is 14.0. The van der Waals surface area contributed by atoms with E-state index in [1.54, 1.807) is 13.4 Å². The molecule has 0 unspecified atom stereocenters. The molecule has 0 aliphatic heterocycles. The number of halogens is 1. The zero-order valence-corrected chi connectivity index (χ0v) is 18.4. The van der Waals surface area contributed by atoms with Gasteiger partial charge in [0.1, 0.15) is 11.5 Å². The van der Waals surface area contributed by atoms with Crippen LogP contribution in [0.1, 0.15) is 24.7 Å². The molecule has 6 nitrogen and oxygen atoms in total. The van der Waals surface area contributed by atoms with E-state index in [1.807, 2.05) is 30.3 Å². The molecule has 0 atom stereocenters. The van der Waals surface area contributed by atoms with Crippen LogP contribution < -0.4 is 15.4 Å². The van der Waals surface area contributed by atoms with Gasteiger partial charge in [0, 0.05) is 39.6 Å². The number of benzene rings is 1. The van der Waals surface area contributed by atoms with Crippen LogP contribution in [-0.4, -0.2) is 39.4 Å². The van der Waals surface area contributed by atoms with Crippen molar-refractivity contribution in [3.63, 3.8) is 0 Å². The Hall–Kier alpha value is -1.74. The van der Waals surface area contributed by atoms with Gasteiger partial charge in [-0.25, -0.2) is 4.99 Å². The summed E-state index contributed by atoms with van der Waals surface area (Å²) in [5, 5.41) is 6.58. The first-order valence-corrected chi connectivity index (χ1v) is 9.07. The fraction of sp³-hybridized carbons (Fsp3) is 0.450. The van der Waals surface area contributed by atoms with E-state index in [1.165, 1.54) is 0 Å². The number of hydrogen-bond donors (Lipinski definition) is 2. The molecule has 150 valence electrons. The normalized spacial score (nSPS) is 11.0. The first-order valence-electron chi connectivity index (χ1n) is 9.07. The highest BCUT2D eigenvalue weighted by Gasteiger charge is 2.01. The predicted molar refractivity (Wildman–Crippen MR) is 119 cm³/mol. The predicted octanol–water partition coefficient (Wildman–Crippen LogP) is 3.61. The van der Waals surface area contributed by atoms with Gasteiger partial charge in [-0.3, -0.25) is 0 Å². The lowest BCUT2D eigenvalue weighted by molar-refractivity contribution is 0.172. The number of ether oxygens (including phenoxy) is 2. The van der Waals surface area contributed by atoms with Gasteiger partial charge < -0.3 is 24.5 Å². The highest BCUT2D eigenvalue weighted by atomic mass is 127. The summed E-state index contributed by atoms with van der Waals surface area (Å²) in [6, 6.07) is 11.9. The largest absolute Gasteiger partial charge is 0.493 e. The Balaban J connectivity index is 0.00000364. The summed E-state index contributed by atoms with van der Waals surface area (Å²) < 4.78 is 16.1. The molecule has 1 aromatic carbocycles. The minimum atomic E-state index is 0. The fourth-order valence-corrected chi connectivity index (χ4v) is 2.40. The van der Waals surface area contributed by atoms with Gasteiger partial charge in [0.2, 0.25) is 0 Å². The van der Waals surface area contributed by atoms with Crippen LogP contribution in [0.15, 0.2) is 52.1 Å². The number of nitrogens with one attached hydrogen (secondary N) is 2. The number of guanidine groups is 1. The van der Waals surface area contributed by atoms with E-state index in [9.17, 15) is 0 Å². The molecular weight excluding hydrogens is 457 g/mol. The molecule has 0 fully saturated rings. The average Bonchev–Trinajstić information content (AvgIpc) is 3.17. The molecule has 1 heterocycles. The minimum Gasteiger partial charge on any atom is -0.493 e. The smallest absolute Gasteiger partial charge is 0.191 e. The van der Waals surface area contributed by atoms with Gasteiger partial charge in [-0.05, 0) is 36.8 Å². The lowest BCUT2D eigenvalue weighted by Gasteiger charge is -2.11. The molecule has 0 bridgehead atoms. The second-order valence-corrected chi connectivity index (χ2v) is 5.79. The van der Waals surface area contributed by atoms with E-state index < -0.39 is 0 Å². The van der Waals surface area contributed by atoms with Gasteiger partial charge in [0.15, 0.2) is 5.96 Å². The molecule has 2 N–H and O–H groups in total. The molecule has 0 aliphatic carbocycles. The van der Waals surface area contributed by atoms with Crippen molar-refractivity contribution in [1.29, 1.82) is 0 Å². The van der Waals surface area contributed by atoms with Crippen molar-refractivity contribution in [3.05, 3.63) is 54.0 Å². The van der Waals surface area contributed by atoms with Crippen molar-refractivity contribution in [2.45, 2.75) is 26.3 Å². The van der Waals surface area contributed by atoms with E-state index in [-0.39, 0.29) is 24.0 Å². The number of rotatable bonds is 11. The highest BCUT2D eigenvalue weighted by Crippen LogP contribution is 2.14. The van der Waals surface area contributed by atoms with Crippen molar-refractivity contribution < 1.29 is 13.9 Å². The van der Waals surface area contributed by atoms with E-state index in [0.717, 1.165) is 49.0 Å². The number of methoxy groups -OCH3 is 1. The van der Waals surface area contributed by atoms with Crippen LogP contribution in [0.5, 0.6) is 5.75 Å². The molecular formula is C20H30IN3O3. The van der Waals surface area contributed by atoms with E-state index in [2.05, 4.69) is 28.6 Å². The van der Waals surface area contributed by atoms with Crippen LogP contribution in [0.4, 0.5) is 0 Å². The molecule has 27 heavy (non-hydrogen) atoms. The van der Waals surface area contributed by atoms with Crippen molar-refractivity contribution in [1.82, 2.24) is 10.6 Å². The van der Waals surface area contributed by atoms with Crippen LogP contribution in [0.3, 0.4) is 0 Å². The van der Waals surface area contributed by atoms with Crippen LogP contribution in [0, 0.1) is 0 Å². The molecule has 2 rings (SSSR count). The summed E-state index contributed by atoms with van der Waals surface area (Å²) in [7, 11) is 1.70. The third kappa shape index (κ3) is 9.67. The number of furan rings is 1. The minimum absolute atomic E-state index is 0. The summed E-state index contributed by atoms with van der Waals surface area (Å²) >= 11 is 0. The van der Waals surface area contributed by atoms with Gasteiger partial charge >= 0.3 is 0 Å². The third-order valence-electron chi connectivity index (χ3n) is 3.67. The van der Waals surface area contributed by atoms with Gasteiger partial charge in [0.25, 0.3) is 0 Å². The molecule has 2 aromatic rings. The van der Waals surface area contributed by atoms with Crippen molar-refractivity contribution in [2.24, 2.45) is 4.99 Å². The van der Waals surface area contributed by atoms with E-state index >= 15 is 0 Å². The second-order valence-electron chi connectivity index (χ2n) is 5.79. The molecule has 0 radical (unpaired) electrons. The standard InChI is InChI=1S/C20H29N3O3.HI/c1-3-21-20(22-11-10-18-9-5-13-25-18)23-16-17-7-4-8-19(15-17)26-14-6-12-24-2;/h4-5,7-9,13,15H,3,6,10-12,14,16H2,1-2H3,(H2,21,22,23);1H. The monoisotopic (exact) mass is 487 g/mol. The topological polar surface area (TPSA) is 68.0 Å². The summed E-state index contributed by atoms with van der Waals surface area (Å²) in [6.45, 7) is 5.58. The van der Waals surface area contributed by atoms with Crippen LogP contribution in [0.25, 0.3) is 0 Å². The lowest BCUT2D eigenvalue weighted by atomic mass is 10.2. The summed E-state index contributed by atoms with van der Waals surface area (Å²) in [4.78, 5) is 4.64. The number of aliphatic imine (C=N–C) groups is 1. The molecule has 1 aromatic heterocycles. The Morgan fingerprint density at radius 1 is 1.15 bits per heavy atom. The van der Waals surface area contributed by atoms with Crippen LogP contribution in [-0.2, 0) is 17.7 Å². The van der Waals surface area contributed by atoms with Crippen LogP contribution in [0.2, 0.25) is 0 Å². The Labute approximate surface area is 178 Å². The summed E-state index contributed by atoms with van der Waals surface area (Å²) in [5.74, 6) is 2.63. The first-order chi connectivity index (χ1) is 12.8. The van der Waals surface area contributed by atoms with Crippen molar-refractivity contribution in [3.8, 4) is 5.75 Å². The van der Waals surface area contributed by atoms with Gasteiger partial charge in [-0.15, -0.1) is 24.0 Å². The summed E-state index contributed by atoms with van der Waals surface area (Å²) in [5.41, 5.74) is 1.11. The molecule has 7 heteroatoms. The Kier molecular flexibility index (Phi) is 12.4. The quantitative estimate of drug-likeness (QED) is 0.220. The van der Waals surface area contributed by atoms with Gasteiger partial charge in [-0.2, -0.15) is 0 Å². The Morgan fingerprint density at radius 2 is 2.04 bits per heavy atom. The lowest BCUT2D eigenvalue weighted by Crippen LogP contribution is -2.38. The van der Waals surface area contributed by atoms with Gasteiger partial charge in [-0.1, -0.05) is 12.1 Å². The Morgan fingerprint density at radius 3 is 2.78 bits per heavy atom. The summed E-state index contributed by atoms with van der Waals surface area (Å²) in [6.07, 6.45) is 3.39. The SMILES string of the molecule is CCNC(=NCc1cccc(OCCCOC)c1)NCCc1ccco1.I. The molecule has 0 spiro atoms. The number of nitrogens with zero attached hydrogens (tertiary/aromatic N) is 1. The molecule has 0 saturated heterocycles. The van der Waals surface area contributed by atoms with E-state index in [4.69, 9.17) is 13.9 Å². The molecule has 0 amide bonds. The van der Waals surface area contributed by atoms with Crippen molar-refractivity contribution >= 4 is 29.9 Å². The maximum absolute atomic E-state index is 5.74. The zero-order chi connectivity index (χ0) is 18.5. The average molecular weight is 487 g/mol. The molecule has 0 saturated carbocycles. The molecule has 0 aliphatic rings. The van der Waals surface area contributed by atoms with Gasteiger partial charge in [0.05, 0.1) is 19.4 Å². The fourth-order valence-electron chi connectivity index (χ4n) is 2.40. The second kappa shape index (κ2) is 14.3. The maximum atomic E-state index is 5.74. The first kappa shape index (κ1) is 23.3.